The molecule has 0 aliphatic carbocycles. The number of para-hydroxylation sites is 1. The molecule has 0 radical (unpaired) electrons. The highest BCUT2D eigenvalue weighted by Crippen LogP contribution is 2.42. The summed E-state index contributed by atoms with van der Waals surface area (Å²) in [6.45, 7) is 4.84. The van der Waals surface area contributed by atoms with Gasteiger partial charge < -0.3 is 4.74 Å². The molecule has 112 valence electrons. The number of Topliss-reactive ketones (excluding diaryl/α,β-unsaturated/α-hetero) is 1. The predicted octanol–water partition coefficient (Wildman–Crippen LogP) is 1.78. The number of amides is 1. The molecular formula is C16H20N2O3. The third-order valence-corrected chi connectivity index (χ3v) is 4.57. The molecule has 1 fully saturated rings. The molecule has 0 bridgehead atoms. The van der Waals surface area contributed by atoms with Crippen molar-refractivity contribution in [3.8, 4) is 5.75 Å². The number of piperidine rings is 1. The zero-order valence-corrected chi connectivity index (χ0v) is 12.4. The fourth-order valence-electron chi connectivity index (χ4n) is 3.29. The predicted molar refractivity (Wildman–Crippen MR) is 77.9 cm³/mol. The summed E-state index contributed by atoms with van der Waals surface area (Å²) in [5.41, 5.74) is 3.04. The molecule has 1 spiro atoms. The third-order valence-electron chi connectivity index (χ3n) is 4.57. The number of hydrogen-bond donors (Lipinski definition) is 1. The monoisotopic (exact) mass is 288 g/mol. The molecule has 1 saturated heterocycles. The Hall–Kier alpha value is -1.88. The Morgan fingerprint density at radius 3 is 2.67 bits per heavy atom. The maximum Gasteiger partial charge on any atom is 0.231 e. The number of fused-ring (bicyclic) bond motifs is 1. The van der Waals surface area contributed by atoms with Gasteiger partial charge in [0.1, 0.15) is 11.4 Å². The smallest absolute Gasteiger partial charge is 0.231 e. The van der Waals surface area contributed by atoms with Gasteiger partial charge in [-0.1, -0.05) is 19.1 Å². The number of hydrazine groups is 1. The van der Waals surface area contributed by atoms with Crippen LogP contribution in [0.15, 0.2) is 24.3 Å². The van der Waals surface area contributed by atoms with Crippen molar-refractivity contribution in [2.75, 3.05) is 13.1 Å². The lowest BCUT2D eigenvalue weighted by Crippen LogP contribution is -2.58. The molecule has 1 N–H and O–H groups in total. The van der Waals surface area contributed by atoms with Gasteiger partial charge in [0.15, 0.2) is 5.78 Å². The van der Waals surface area contributed by atoms with E-state index in [1.54, 1.807) is 0 Å². The Morgan fingerprint density at radius 2 is 2.00 bits per heavy atom. The van der Waals surface area contributed by atoms with Gasteiger partial charge in [-0.3, -0.25) is 15.0 Å². The van der Waals surface area contributed by atoms with Gasteiger partial charge in [0.05, 0.1) is 11.5 Å². The van der Waals surface area contributed by atoms with E-state index in [9.17, 15) is 9.59 Å². The Kier molecular flexibility index (Phi) is 3.45. The lowest BCUT2D eigenvalue weighted by atomic mass is 9.75. The summed E-state index contributed by atoms with van der Waals surface area (Å²) in [6, 6.07) is 7.45. The number of hydrogen-bond acceptors (Lipinski definition) is 4. The second kappa shape index (κ2) is 5.15. The van der Waals surface area contributed by atoms with Crippen LogP contribution in [0.2, 0.25) is 0 Å². The van der Waals surface area contributed by atoms with E-state index >= 15 is 0 Å². The molecule has 1 atom stereocenters. The average molecular weight is 288 g/mol. The van der Waals surface area contributed by atoms with Gasteiger partial charge in [0, 0.05) is 32.9 Å². The minimum Gasteiger partial charge on any atom is -0.486 e. The molecule has 1 aromatic rings. The highest BCUT2D eigenvalue weighted by Gasteiger charge is 2.48. The van der Waals surface area contributed by atoms with Crippen LogP contribution in [0.4, 0.5) is 0 Å². The summed E-state index contributed by atoms with van der Waals surface area (Å²) >= 11 is 0. The van der Waals surface area contributed by atoms with Crippen molar-refractivity contribution < 1.29 is 14.3 Å². The van der Waals surface area contributed by atoms with Crippen molar-refractivity contribution in [3.63, 3.8) is 0 Å². The SMILES string of the molecule is CC(=O)NN1CCC2(CC1)Oc1ccccc1C(=O)C2C. The number of ketones is 1. The van der Waals surface area contributed by atoms with E-state index in [4.69, 9.17) is 4.74 Å². The summed E-state index contributed by atoms with van der Waals surface area (Å²) in [6.07, 6.45) is 1.46. The summed E-state index contributed by atoms with van der Waals surface area (Å²) in [5.74, 6) is 0.621. The zero-order chi connectivity index (χ0) is 15.0. The van der Waals surface area contributed by atoms with Crippen LogP contribution in [0.5, 0.6) is 5.75 Å². The van der Waals surface area contributed by atoms with Gasteiger partial charge in [-0.2, -0.15) is 0 Å². The van der Waals surface area contributed by atoms with Gasteiger partial charge in [-0.15, -0.1) is 0 Å². The number of carbonyl (C=O) groups is 2. The lowest BCUT2D eigenvalue weighted by Gasteiger charge is -2.47. The first-order valence-corrected chi connectivity index (χ1v) is 7.36. The van der Waals surface area contributed by atoms with Crippen LogP contribution < -0.4 is 10.2 Å². The number of nitrogens with one attached hydrogen (secondary N) is 1. The Labute approximate surface area is 124 Å². The molecule has 21 heavy (non-hydrogen) atoms. The van der Waals surface area contributed by atoms with Crippen LogP contribution in [0.3, 0.4) is 0 Å². The van der Waals surface area contributed by atoms with Crippen molar-refractivity contribution in [1.29, 1.82) is 0 Å². The van der Waals surface area contributed by atoms with Crippen LogP contribution in [-0.2, 0) is 4.79 Å². The van der Waals surface area contributed by atoms with Crippen molar-refractivity contribution in [1.82, 2.24) is 10.4 Å². The molecular weight excluding hydrogens is 268 g/mol. The molecule has 2 aliphatic heterocycles. The molecule has 3 rings (SSSR count). The van der Waals surface area contributed by atoms with Crippen LogP contribution in [0, 0.1) is 5.92 Å². The Balaban J connectivity index is 1.81. The van der Waals surface area contributed by atoms with Gasteiger partial charge in [0.2, 0.25) is 5.91 Å². The van der Waals surface area contributed by atoms with Crippen molar-refractivity contribution in [2.24, 2.45) is 5.92 Å². The van der Waals surface area contributed by atoms with Gasteiger partial charge in [-0.25, -0.2) is 5.01 Å². The average Bonchev–Trinajstić information content (AvgIpc) is 2.47. The molecule has 1 unspecified atom stereocenters. The lowest BCUT2D eigenvalue weighted by molar-refractivity contribution is -0.126. The van der Waals surface area contributed by atoms with Crippen LogP contribution >= 0.6 is 0 Å². The maximum atomic E-state index is 12.6. The topological polar surface area (TPSA) is 58.6 Å². The Bertz CT molecular complexity index is 577. The van der Waals surface area contributed by atoms with E-state index < -0.39 is 5.60 Å². The van der Waals surface area contributed by atoms with Crippen LogP contribution in [-0.4, -0.2) is 35.4 Å². The minimum absolute atomic E-state index is 0.0648. The largest absolute Gasteiger partial charge is 0.486 e. The van der Waals surface area contributed by atoms with E-state index in [2.05, 4.69) is 5.43 Å². The van der Waals surface area contributed by atoms with E-state index in [1.807, 2.05) is 36.2 Å². The van der Waals surface area contributed by atoms with Crippen molar-refractivity contribution in [2.45, 2.75) is 32.3 Å². The maximum absolute atomic E-state index is 12.6. The third kappa shape index (κ3) is 2.42. The highest BCUT2D eigenvalue weighted by atomic mass is 16.5. The Morgan fingerprint density at radius 1 is 1.33 bits per heavy atom. The first kappa shape index (κ1) is 14.1. The number of rotatable bonds is 1. The van der Waals surface area contributed by atoms with E-state index in [-0.39, 0.29) is 17.6 Å². The van der Waals surface area contributed by atoms with Gasteiger partial charge in [0.25, 0.3) is 0 Å². The summed E-state index contributed by atoms with van der Waals surface area (Å²) < 4.78 is 6.24. The summed E-state index contributed by atoms with van der Waals surface area (Å²) in [7, 11) is 0. The minimum atomic E-state index is -0.444. The van der Waals surface area contributed by atoms with Crippen LogP contribution in [0.1, 0.15) is 37.0 Å². The van der Waals surface area contributed by atoms with E-state index in [0.717, 1.165) is 12.8 Å². The fraction of sp³-hybridized carbons (Fsp3) is 0.500. The van der Waals surface area contributed by atoms with Crippen molar-refractivity contribution >= 4 is 11.7 Å². The second-order valence-electron chi connectivity index (χ2n) is 5.90. The summed E-state index contributed by atoms with van der Waals surface area (Å²) in [4.78, 5) is 23.7. The normalized spacial score (nSPS) is 24.3. The molecule has 5 heteroatoms. The standard InChI is InChI=1S/C16H20N2O3/c1-11-15(20)13-5-3-4-6-14(13)21-16(11)7-9-18(10-8-16)17-12(2)19/h3-6,11H,7-10H2,1-2H3,(H,17,19). The molecule has 5 nitrogen and oxygen atoms in total. The first-order valence-electron chi connectivity index (χ1n) is 7.36. The quantitative estimate of drug-likeness (QED) is 0.856. The molecule has 2 heterocycles. The first-order chi connectivity index (χ1) is 10.0. The molecule has 0 saturated carbocycles. The zero-order valence-electron chi connectivity index (χ0n) is 12.4. The number of nitrogens with zero attached hydrogens (tertiary/aromatic N) is 1. The van der Waals surface area contributed by atoms with E-state index in [1.165, 1.54) is 6.92 Å². The van der Waals surface area contributed by atoms with Crippen molar-refractivity contribution in [3.05, 3.63) is 29.8 Å². The number of benzene rings is 1. The fourth-order valence-corrected chi connectivity index (χ4v) is 3.29. The summed E-state index contributed by atoms with van der Waals surface area (Å²) in [5, 5.41) is 1.90. The highest BCUT2D eigenvalue weighted by molar-refractivity contribution is 6.01. The van der Waals surface area contributed by atoms with Gasteiger partial charge >= 0.3 is 0 Å². The van der Waals surface area contributed by atoms with Gasteiger partial charge in [-0.05, 0) is 12.1 Å². The molecule has 0 aromatic heterocycles. The number of carbonyl (C=O) groups excluding carboxylic acids is 2. The van der Waals surface area contributed by atoms with Crippen LogP contribution in [0.25, 0.3) is 0 Å². The number of ether oxygens (including phenoxy) is 1. The second-order valence-corrected chi connectivity index (χ2v) is 5.90. The molecule has 1 aromatic carbocycles. The molecule has 1 amide bonds. The van der Waals surface area contributed by atoms with E-state index in [0.29, 0.717) is 24.4 Å². The molecule has 2 aliphatic rings.